The number of fused-ring (bicyclic) bond motifs is 1. The van der Waals surface area contributed by atoms with Crippen LogP contribution in [0.15, 0.2) is 57.1 Å². The molecule has 20 heavy (non-hydrogen) atoms. The van der Waals surface area contributed by atoms with Crippen molar-refractivity contribution in [1.82, 2.24) is 4.98 Å². The van der Waals surface area contributed by atoms with Crippen LogP contribution in [0.4, 0.5) is 0 Å². The molecule has 0 aliphatic carbocycles. The molecule has 1 aromatic carbocycles. The highest BCUT2D eigenvalue weighted by molar-refractivity contribution is 7.99. The Bertz CT molecular complexity index is 797. The molecule has 5 nitrogen and oxygen atoms in total. The summed E-state index contributed by atoms with van der Waals surface area (Å²) in [6.45, 7) is 0. The van der Waals surface area contributed by atoms with Crippen LogP contribution in [0.25, 0.3) is 10.8 Å². The van der Waals surface area contributed by atoms with Gasteiger partial charge in [-0.25, -0.2) is 9.78 Å². The van der Waals surface area contributed by atoms with Crippen LogP contribution >= 0.6 is 11.8 Å². The Kier molecular flexibility index (Phi) is 3.08. The fraction of sp³-hybridized carbons (Fsp3) is 0. The lowest BCUT2D eigenvalue weighted by molar-refractivity contribution is 0.0656. The van der Waals surface area contributed by atoms with Crippen LogP contribution in [-0.4, -0.2) is 21.2 Å². The number of furan rings is 1. The summed E-state index contributed by atoms with van der Waals surface area (Å²) in [5.41, 5.74) is 0. The second kappa shape index (κ2) is 4.90. The Morgan fingerprint density at radius 2 is 2.05 bits per heavy atom. The van der Waals surface area contributed by atoms with Crippen LogP contribution < -0.4 is 0 Å². The van der Waals surface area contributed by atoms with Crippen LogP contribution in [-0.2, 0) is 0 Å². The maximum absolute atomic E-state index is 10.8. The maximum Gasteiger partial charge on any atom is 0.371 e. The minimum Gasteiger partial charge on any atom is -0.508 e. The Hall–Kier alpha value is -2.47. The molecule has 0 aliphatic heterocycles. The minimum absolute atomic E-state index is 0.115. The second-order valence-electron chi connectivity index (χ2n) is 4.05. The zero-order valence-electron chi connectivity index (χ0n) is 10.1. The summed E-state index contributed by atoms with van der Waals surface area (Å²) in [5.74, 6) is -1.08. The van der Waals surface area contributed by atoms with Gasteiger partial charge >= 0.3 is 5.97 Å². The molecule has 0 amide bonds. The summed E-state index contributed by atoms with van der Waals surface area (Å²) >= 11 is 1.21. The van der Waals surface area contributed by atoms with E-state index < -0.39 is 5.97 Å². The normalized spacial score (nSPS) is 10.8. The first-order valence-electron chi connectivity index (χ1n) is 5.72. The summed E-state index contributed by atoms with van der Waals surface area (Å²) in [7, 11) is 0. The topological polar surface area (TPSA) is 83.6 Å². The Balaban J connectivity index is 2.01. The Morgan fingerprint density at radius 1 is 1.20 bits per heavy atom. The number of rotatable bonds is 3. The van der Waals surface area contributed by atoms with Gasteiger partial charge in [0, 0.05) is 11.6 Å². The molecule has 0 saturated heterocycles. The molecule has 2 N–H and O–H groups in total. The molecule has 2 heterocycles. The number of benzene rings is 1. The van der Waals surface area contributed by atoms with Gasteiger partial charge in [-0.2, -0.15) is 0 Å². The van der Waals surface area contributed by atoms with E-state index >= 15 is 0 Å². The summed E-state index contributed by atoms with van der Waals surface area (Å²) in [4.78, 5) is 15.0. The lowest BCUT2D eigenvalue weighted by Gasteiger charge is -2.03. The summed E-state index contributed by atoms with van der Waals surface area (Å²) in [6, 6.07) is 9.83. The molecule has 0 spiro atoms. The number of phenols is 1. The van der Waals surface area contributed by atoms with Crippen molar-refractivity contribution >= 4 is 28.5 Å². The Labute approximate surface area is 117 Å². The fourth-order valence-corrected chi connectivity index (χ4v) is 2.65. The second-order valence-corrected chi connectivity index (χ2v) is 5.04. The number of carbonyl (C=O) groups is 1. The first-order valence-corrected chi connectivity index (χ1v) is 6.54. The number of aromatic hydroxyl groups is 1. The van der Waals surface area contributed by atoms with Crippen molar-refractivity contribution in [2.75, 3.05) is 0 Å². The van der Waals surface area contributed by atoms with Crippen LogP contribution in [0.1, 0.15) is 10.6 Å². The van der Waals surface area contributed by atoms with Crippen molar-refractivity contribution in [3.63, 3.8) is 0 Å². The number of aromatic carboxylic acids is 1. The molecule has 3 rings (SSSR count). The van der Waals surface area contributed by atoms with Crippen LogP contribution in [0.2, 0.25) is 0 Å². The maximum atomic E-state index is 10.8. The van der Waals surface area contributed by atoms with Crippen molar-refractivity contribution in [1.29, 1.82) is 0 Å². The van der Waals surface area contributed by atoms with Gasteiger partial charge in [-0.3, -0.25) is 0 Å². The molecular formula is C14H9NO4S. The highest BCUT2D eigenvalue weighted by atomic mass is 32.2. The van der Waals surface area contributed by atoms with Gasteiger partial charge < -0.3 is 14.6 Å². The van der Waals surface area contributed by atoms with Crippen molar-refractivity contribution in [2.24, 2.45) is 0 Å². The van der Waals surface area contributed by atoms with E-state index in [0.717, 1.165) is 10.8 Å². The van der Waals surface area contributed by atoms with Crippen molar-refractivity contribution in [3.8, 4) is 5.75 Å². The zero-order valence-corrected chi connectivity index (χ0v) is 10.9. The SMILES string of the molecule is O=C(O)c1ccc(Sc2nccc3ccc(O)cc23)o1. The average molecular weight is 287 g/mol. The zero-order chi connectivity index (χ0) is 14.1. The molecular weight excluding hydrogens is 278 g/mol. The van der Waals surface area contributed by atoms with Gasteiger partial charge in [0.25, 0.3) is 0 Å². The molecule has 0 radical (unpaired) electrons. The number of hydrogen-bond acceptors (Lipinski definition) is 5. The highest BCUT2D eigenvalue weighted by Gasteiger charge is 2.12. The van der Waals surface area contributed by atoms with Crippen LogP contribution in [0, 0.1) is 0 Å². The minimum atomic E-state index is -1.11. The van der Waals surface area contributed by atoms with E-state index in [0.29, 0.717) is 10.1 Å². The van der Waals surface area contributed by atoms with E-state index in [1.807, 2.05) is 6.07 Å². The van der Waals surface area contributed by atoms with Gasteiger partial charge in [0.05, 0.1) is 0 Å². The van der Waals surface area contributed by atoms with Crippen molar-refractivity contribution in [2.45, 2.75) is 10.1 Å². The number of pyridine rings is 1. The number of nitrogens with zero attached hydrogens (tertiary/aromatic N) is 1. The molecule has 100 valence electrons. The van der Waals surface area contributed by atoms with E-state index in [-0.39, 0.29) is 11.5 Å². The van der Waals surface area contributed by atoms with E-state index in [2.05, 4.69) is 4.98 Å². The fourth-order valence-electron chi connectivity index (χ4n) is 1.80. The third-order valence-electron chi connectivity index (χ3n) is 2.70. The van der Waals surface area contributed by atoms with E-state index in [1.165, 1.54) is 17.8 Å². The first-order chi connectivity index (χ1) is 9.63. The summed E-state index contributed by atoms with van der Waals surface area (Å²) in [6.07, 6.45) is 1.66. The molecule has 0 bridgehead atoms. The summed E-state index contributed by atoms with van der Waals surface area (Å²) in [5, 5.41) is 21.2. The molecule has 3 aromatic rings. The smallest absolute Gasteiger partial charge is 0.371 e. The van der Waals surface area contributed by atoms with Crippen LogP contribution in [0.3, 0.4) is 0 Å². The molecule has 0 fully saturated rings. The quantitative estimate of drug-likeness (QED) is 0.768. The Morgan fingerprint density at radius 3 is 2.80 bits per heavy atom. The predicted molar refractivity (Wildman–Crippen MR) is 73.2 cm³/mol. The van der Waals surface area contributed by atoms with Crippen LogP contribution in [0.5, 0.6) is 5.75 Å². The number of phenolic OH excluding ortho intramolecular Hbond substituents is 1. The van der Waals surface area contributed by atoms with Gasteiger partial charge in [0.1, 0.15) is 10.8 Å². The number of carboxylic acid groups (broad SMARTS) is 1. The largest absolute Gasteiger partial charge is 0.508 e. The third kappa shape index (κ3) is 2.33. The van der Waals surface area contributed by atoms with E-state index in [1.54, 1.807) is 30.5 Å². The lowest BCUT2D eigenvalue weighted by Crippen LogP contribution is -1.91. The predicted octanol–water partition coefficient (Wildman–Crippen LogP) is 3.38. The highest BCUT2D eigenvalue weighted by Crippen LogP contribution is 2.34. The average Bonchev–Trinajstić information content (AvgIpc) is 2.88. The standard InChI is InChI=1S/C14H9NO4S/c16-9-2-1-8-5-6-15-13(10(8)7-9)20-12-4-3-11(19-12)14(17)18/h1-7,16H,(H,17,18). The lowest BCUT2D eigenvalue weighted by atomic mass is 10.2. The molecule has 2 aromatic heterocycles. The van der Waals surface area contributed by atoms with Crippen molar-refractivity contribution < 1.29 is 19.4 Å². The molecule has 6 heteroatoms. The molecule has 0 atom stereocenters. The van der Waals surface area contributed by atoms with Gasteiger partial charge in [-0.05, 0) is 47.5 Å². The molecule has 0 saturated carbocycles. The number of hydrogen-bond donors (Lipinski definition) is 2. The van der Waals surface area contributed by atoms with Crippen molar-refractivity contribution in [3.05, 3.63) is 48.4 Å². The van der Waals surface area contributed by atoms with Gasteiger partial charge in [0.2, 0.25) is 5.76 Å². The summed E-state index contributed by atoms with van der Waals surface area (Å²) < 4.78 is 5.19. The number of aromatic nitrogens is 1. The van der Waals surface area contributed by atoms with Gasteiger partial charge in [0.15, 0.2) is 5.09 Å². The van der Waals surface area contributed by atoms with E-state index in [4.69, 9.17) is 9.52 Å². The van der Waals surface area contributed by atoms with Gasteiger partial charge in [-0.1, -0.05) is 6.07 Å². The monoisotopic (exact) mass is 287 g/mol. The van der Waals surface area contributed by atoms with Gasteiger partial charge in [-0.15, -0.1) is 0 Å². The third-order valence-corrected chi connectivity index (χ3v) is 3.64. The first kappa shape index (κ1) is 12.6. The molecule has 0 aliphatic rings. The molecule has 0 unspecified atom stereocenters. The van der Waals surface area contributed by atoms with E-state index in [9.17, 15) is 9.90 Å². The number of carboxylic acids is 1.